The van der Waals surface area contributed by atoms with Gasteiger partial charge in [-0.05, 0) is 68.0 Å². The molecule has 0 saturated carbocycles. The van der Waals surface area contributed by atoms with Crippen molar-refractivity contribution in [1.82, 2.24) is 14.8 Å². The zero-order valence-corrected chi connectivity index (χ0v) is 20.2. The molecule has 1 amide bonds. The van der Waals surface area contributed by atoms with E-state index < -0.39 is 13.5 Å². The highest BCUT2D eigenvalue weighted by atomic mass is 28.3. The Morgan fingerprint density at radius 3 is 2.81 bits per heavy atom. The van der Waals surface area contributed by atoms with Crippen LogP contribution in [-0.2, 0) is 34.5 Å². The van der Waals surface area contributed by atoms with Crippen molar-refractivity contribution in [1.29, 1.82) is 0 Å². The Labute approximate surface area is 184 Å². The van der Waals surface area contributed by atoms with Crippen LogP contribution in [0.15, 0.2) is 18.3 Å². The topological polar surface area (TPSA) is 71.9 Å². The lowest BCUT2D eigenvalue weighted by molar-refractivity contribution is -0.119. The molecule has 1 aliphatic carbocycles. The van der Waals surface area contributed by atoms with Crippen LogP contribution in [0.2, 0.25) is 25.7 Å². The first kappa shape index (κ1) is 20.5. The summed E-state index contributed by atoms with van der Waals surface area (Å²) in [6.07, 6.45) is 5.26. The number of hydrogen-bond acceptors (Lipinski definition) is 3. The first-order valence-corrected chi connectivity index (χ1v) is 15.0. The summed E-state index contributed by atoms with van der Waals surface area (Å²) in [4.78, 5) is 16.0. The molecule has 2 aliphatic rings. The van der Waals surface area contributed by atoms with Gasteiger partial charge < -0.3 is 15.0 Å². The quantitative estimate of drug-likeness (QED) is 0.434. The molecule has 3 heterocycles. The van der Waals surface area contributed by atoms with Gasteiger partial charge in [0.15, 0.2) is 0 Å². The Morgan fingerprint density at radius 1 is 1.23 bits per heavy atom. The van der Waals surface area contributed by atoms with Crippen molar-refractivity contribution in [2.24, 2.45) is 0 Å². The number of nitrogens with zero attached hydrogens (tertiary/aromatic N) is 2. The third kappa shape index (κ3) is 3.53. The van der Waals surface area contributed by atoms with Gasteiger partial charge >= 0.3 is 0 Å². The van der Waals surface area contributed by atoms with Crippen LogP contribution in [0, 0.1) is 0 Å². The van der Waals surface area contributed by atoms with Crippen molar-refractivity contribution >= 4 is 30.6 Å². The molecule has 0 saturated heterocycles. The summed E-state index contributed by atoms with van der Waals surface area (Å²) in [6.45, 7) is 12.4. The molecule has 0 radical (unpaired) electrons. The van der Waals surface area contributed by atoms with Crippen LogP contribution in [0.3, 0.4) is 0 Å². The molecule has 6 nitrogen and oxygen atoms in total. The average molecular weight is 437 g/mol. The van der Waals surface area contributed by atoms with Gasteiger partial charge in [-0.25, -0.2) is 4.68 Å². The fraction of sp³-hybridized carbons (Fsp3) is 0.500. The predicted octanol–water partition coefficient (Wildman–Crippen LogP) is 5.06. The molecule has 31 heavy (non-hydrogen) atoms. The summed E-state index contributed by atoms with van der Waals surface area (Å²) in [5.74, 6) is 0.0661. The summed E-state index contributed by atoms with van der Waals surface area (Å²) >= 11 is 0. The van der Waals surface area contributed by atoms with Crippen LogP contribution in [0.4, 0.5) is 5.69 Å². The number of aryl methyl sites for hydroxylation is 2. The smallest absolute Gasteiger partial charge is 0.234 e. The maximum Gasteiger partial charge on any atom is 0.234 e. The van der Waals surface area contributed by atoms with E-state index >= 15 is 0 Å². The molecule has 0 atom stereocenters. The van der Waals surface area contributed by atoms with Gasteiger partial charge in [0, 0.05) is 37.5 Å². The Bertz CT molecular complexity index is 1180. The fourth-order valence-electron chi connectivity index (χ4n) is 4.69. The molecule has 0 bridgehead atoms. The van der Waals surface area contributed by atoms with Crippen molar-refractivity contribution in [3.05, 3.63) is 35.0 Å². The lowest BCUT2D eigenvalue weighted by Crippen LogP contribution is -2.26. The first-order valence-electron chi connectivity index (χ1n) is 11.3. The second-order valence-corrected chi connectivity index (χ2v) is 16.4. The van der Waals surface area contributed by atoms with E-state index in [9.17, 15) is 4.79 Å². The van der Waals surface area contributed by atoms with Gasteiger partial charge in [-0.2, -0.15) is 5.10 Å². The fourth-order valence-corrected chi connectivity index (χ4v) is 5.45. The minimum absolute atomic E-state index is 0.0661. The van der Waals surface area contributed by atoms with Gasteiger partial charge in [-0.3, -0.25) is 4.79 Å². The minimum atomic E-state index is -1.09. The number of amides is 1. The SMILES string of the molecule is CC1(C)C(=O)Nc2cc3c4c([nH]c3cc21)-c1nn(COCC[Si](C)(C)C)cc1CCC4. The summed E-state index contributed by atoms with van der Waals surface area (Å²) in [5, 5.41) is 9.17. The van der Waals surface area contributed by atoms with E-state index in [-0.39, 0.29) is 5.91 Å². The van der Waals surface area contributed by atoms with Crippen LogP contribution in [0.25, 0.3) is 22.3 Å². The predicted molar refractivity (Wildman–Crippen MR) is 127 cm³/mol. The largest absolute Gasteiger partial charge is 0.360 e. The van der Waals surface area contributed by atoms with Crippen molar-refractivity contribution in [3.8, 4) is 11.4 Å². The van der Waals surface area contributed by atoms with Crippen molar-refractivity contribution in [3.63, 3.8) is 0 Å². The van der Waals surface area contributed by atoms with Crippen molar-refractivity contribution in [2.45, 2.75) is 70.9 Å². The highest BCUT2D eigenvalue weighted by Gasteiger charge is 2.39. The average Bonchev–Trinajstić information content (AvgIpc) is 3.27. The molecule has 1 aromatic carbocycles. The second kappa shape index (κ2) is 7.07. The monoisotopic (exact) mass is 436 g/mol. The number of carbonyl (C=O) groups excluding carboxylic acids is 1. The Kier molecular flexibility index (Phi) is 4.68. The summed E-state index contributed by atoms with van der Waals surface area (Å²) in [7, 11) is -1.09. The maximum atomic E-state index is 12.4. The number of nitrogens with one attached hydrogen (secondary N) is 2. The van der Waals surface area contributed by atoms with Crippen LogP contribution >= 0.6 is 0 Å². The van der Waals surface area contributed by atoms with E-state index in [2.05, 4.69) is 48.3 Å². The molecule has 2 aromatic heterocycles. The van der Waals surface area contributed by atoms with Crippen LogP contribution in [0.1, 0.15) is 37.0 Å². The molecule has 7 heteroatoms. The molecule has 164 valence electrons. The summed E-state index contributed by atoms with van der Waals surface area (Å²) in [5.41, 5.74) is 7.32. The molecule has 0 spiro atoms. The van der Waals surface area contributed by atoms with Crippen LogP contribution < -0.4 is 5.32 Å². The van der Waals surface area contributed by atoms with Gasteiger partial charge in [-0.15, -0.1) is 0 Å². The molecule has 5 rings (SSSR count). The van der Waals surface area contributed by atoms with Gasteiger partial charge in [-0.1, -0.05) is 19.6 Å². The van der Waals surface area contributed by atoms with Gasteiger partial charge in [0.25, 0.3) is 0 Å². The molecular formula is C24H32N4O2Si. The molecule has 0 unspecified atom stereocenters. The number of rotatable bonds is 5. The Balaban J connectivity index is 1.48. The summed E-state index contributed by atoms with van der Waals surface area (Å²) in [6, 6.07) is 5.46. The van der Waals surface area contributed by atoms with E-state index in [0.717, 1.165) is 60.1 Å². The molecule has 3 aromatic rings. The molecule has 2 N–H and O–H groups in total. The third-order valence-electron chi connectivity index (χ3n) is 6.70. The molecular weight excluding hydrogens is 404 g/mol. The highest BCUT2D eigenvalue weighted by molar-refractivity contribution is 6.76. The Morgan fingerprint density at radius 2 is 2.03 bits per heavy atom. The van der Waals surface area contributed by atoms with Gasteiger partial charge in [0.2, 0.25) is 5.91 Å². The number of ether oxygens (including phenoxy) is 1. The first-order chi connectivity index (χ1) is 14.6. The van der Waals surface area contributed by atoms with Gasteiger partial charge in [0.1, 0.15) is 12.4 Å². The molecule has 1 aliphatic heterocycles. The zero-order valence-electron chi connectivity index (χ0n) is 19.2. The van der Waals surface area contributed by atoms with E-state index in [4.69, 9.17) is 9.84 Å². The summed E-state index contributed by atoms with van der Waals surface area (Å²) < 4.78 is 7.87. The van der Waals surface area contributed by atoms with E-state index in [1.807, 2.05) is 18.5 Å². The highest BCUT2D eigenvalue weighted by Crippen LogP contribution is 2.43. The second-order valence-electron chi connectivity index (χ2n) is 10.7. The lowest BCUT2D eigenvalue weighted by Gasteiger charge is -2.15. The standard InChI is InChI=1S/C24H32N4O2Si/c1-24(2)18-12-19-17(11-20(18)26-23(24)29)16-8-6-7-15-13-28(27-21(15)22(16)25-19)14-30-9-10-31(3,4)5/h11-13,25H,6-10,14H2,1-5H3,(H,26,29). The number of hydrogen-bond donors (Lipinski definition) is 2. The molecule has 0 fully saturated rings. The lowest BCUT2D eigenvalue weighted by atomic mass is 9.85. The number of benzene rings is 1. The number of aromatic amines is 1. The third-order valence-corrected chi connectivity index (χ3v) is 8.40. The minimum Gasteiger partial charge on any atom is -0.360 e. The number of H-pyrrole nitrogens is 1. The van der Waals surface area contributed by atoms with Crippen molar-refractivity contribution < 1.29 is 9.53 Å². The van der Waals surface area contributed by atoms with Crippen molar-refractivity contribution in [2.75, 3.05) is 11.9 Å². The van der Waals surface area contributed by atoms with Crippen LogP contribution in [0.5, 0.6) is 0 Å². The number of fused-ring (bicyclic) bond motifs is 6. The number of anilines is 1. The van der Waals surface area contributed by atoms with E-state index in [0.29, 0.717) is 6.73 Å². The van der Waals surface area contributed by atoms with Gasteiger partial charge in [0.05, 0.1) is 11.1 Å². The maximum absolute atomic E-state index is 12.4. The Hall–Kier alpha value is -2.38. The number of aromatic nitrogens is 3. The van der Waals surface area contributed by atoms with E-state index in [1.165, 1.54) is 16.5 Å². The van der Waals surface area contributed by atoms with E-state index in [1.54, 1.807) is 0 Å². The van der Waals surface area contributed by atoms with Crippen LogP contribution in [-0.4, -0.2) is 35.4 Å². The number of carbonyl (C=O) groups is 1. The zero-order chi connectivity index (χ0) is 22.0. The normalized spacial score (nSPS) is 17.3.